The van der Waals surface area contributed by atoms with Crippen LogP contribution in [0, 0.1) is 12.8 Å². The Hall–Kier alpha value is -2.33. The molecule has 2 aromatic rings. The number of halogens is 1. The molecule has 0 aromatic heterocycles. The van der Waals surface area contributed by atoms with E-state index in [1.54, 1.807) is 17.9 Å². The van der Waals surface area contributed by atoms with Crippen molar-refractivity contribution in [3.63, 3.8) is 0 Å². The lowest BCUT2D eigenvalue weighted by Gasteiger charge is -2.29. The number of nitrogens with zero attached hydrogens (tertiary/aromatic N) is 1. The molecule has 0 bridgehead atoms. The zero-order valence-electron chi connectivity index (χ0n) is 17.0. The summed E-state index contributed by atoms with van der Waals surface area (Å²) in [7, 11) is 0. The summed E-state index contributed by atoms with van der Waals surface area (Å²) in [6, 6.07) is 14.6. The zero-order chi connectivity index (χ0) is 20.7. The maximum Gasteiger partial charge on any atom is 0.242 e. The molecule has 0 fully saturated rings. The number of carbonyl (C=O) groups is 2. The fraction of sp³-hybridized carbons (Fsp3) is 0.391. The van der Waals surface area contributed by atoms with Gasteiger partial charge in [-0.1, -0.05) is 61.8 Å². The number of amides is 2. The SMILES string of the molecule is Cc1ccccc1CC(=O)N(Cc1cccc(Cl)c1)[C@H](C)C(=O)NCC(C)C. The van der Waals surface area contributed by atoms with Crippen molar-refractivity contribution in [2.45, 2.75) is 46.7 Å². The first-order valence-electron chi connectivity index (χ1n) is 9.64. The molecule has 4 nitrogen and oxygen atoms in total. The monoisotopic (exact) mass is 400 g/mol. The number of hydrogen-bond donors (Lipinski definition) is 1. The van der Waals surface area contributed by atoms with Crippen LogP contribution in [0.3, 0.4) is 0 Å². The van der Waals surface area contributed by atoms with E-state index in [4.69, 9.17) is 11.6 Å². The van der Waals surface area contributed by atoms with Gasteiger partial charge in [-0.25, -0.2) is 0 Å². The van der Waals surface area contributed by atoms with Crippen molar-refractivity contribution < 1.29 is 9.59 Å². The highest BCUT2D eigenvalue weighted by Gasteiger charge is 2.26. The van der Waals surface area contributed by atoms with Gasteiger partial charge < -0.3 is 10.2 Å². The number of rotatable bonds is 8. The Morgan fingerprint density at radius 1 is 1.07 bits per heavy atom. The summed E-state index contributed by atoms with van der Waals surface area (Å²) < 4.78 is 0. The molecule has 0 aliphatic rings. The summed E-state index contributed by atoms with van der Waals surface area (Å²) >= 11 is 6.10. The van der Waals surface area contributed by atoms with E-state index in [1.807, 2.05) is 63.2 Å². The lowest BCUT2D eigenvalue weighted by molar-refractivity contribution is -0.140. The van der Waals surface area contributed by atoms with Gasteiger partial charge in [0, 0.05) is 18.1 Å². The van der Waals surface area contributed by atoms with Gasteiger partial charge in [0.05, 0.1) is 6.42 Å². The third-order valence-corrected chi connectivity index (χ3v) is 4.93. The minimum Gasteiger partial charge on any atom is -0.354 e. The lowest BCUT2D eigenvalue weighted by atomic mass is 10.0. The van der Waals surface area contributed by atoms with Crippen molar-refractivity contribution in [2.24, 2.45) is 5.92 Å². The van der Waals surface area contributed by atoms with E-state index in [-0.39, 0.29) is 18.2 Å². The predicted molar refractivity (Wildman–Crippen MR) is 114 cm³/mol. The summed E-state index contributed by atoms with van der Waals surface area (Å²) in [5.41, 5.74) is 2.93. The summed E-state index contributed by atoms with van der Waals surface area (Å²) in [5, 5.41) is 3.54. The van der Waals surface area contributed by atoms with Crippen LogP contribution in [0.25, 0.3) is 0 Å². The highest BCUT2D eigenvalue weighted by molar-refractivity contribution is 6.30. The standard InChI is InChI=1S/C23H29ClN2O2/c1-16(2)14-25-23(28)18(4)26(15-19-9-7-11-21(24)12-19)22(27)13-20-10-6-5-8-17(20)3/h5-12,16,18H,13-15H2,1-4H3,(H,25,28)/t18-/m1/s1. The number of benzene rings is 2. The van der Waals surface area contributed by atoms with Crippen LogP contribution in [0.4, 0.5) is 0 Å². The molecule has 0 aliphatic carbocycles. The second-order valence-corrected chi connectivity index (χ2v) is 8.01. The minimum absolute atomic E-state index is 0.0820. The molecule has 2 aromatic carbocycles. The lowest BCUT2D eigenvalue weighted by Crippen LogP contribution is -2.48. The summed E-state index contributed by atoms with van der Waals surface area (Å²) in [6.45, 7) is 8.76. The molecule has 0 radical (unpaired) electrons. The molecule has 0 saturated carbocycles. The Labute approximate surface area is 172 Å². The maximum atomic E-state index is 13.2. The second-order valence-electron chi connectivity index (χ2n) is 7.57. The van der Waals surface area contributed by atoms with Crippen LogP contribution in [0.1, 0.15) is 37.5 Å². The molecule has 0 heterocycles. The van der Waals surface area contributed by atoms with Crippen molar-refractivity contribution in [1.82, 2.24) is 10.2 Å². The molecule has 28 heavy (non-hydrogen) atoms. The molecule has 1 atom stereocenters. The number of nitrogens with one attached hydrogen (secondary N) is 1. The van der Waals surface area contributed by atoms with E-state index in [2.05, 4.69) is 5.32 Å². The highest BCUT2D eigenvalue weighted by atomic mass is 35.5. The van der Waals surface area contributed by atoms with Crippen LogP contribution in [-0.4, -0.2) is 29.3 Å². The van der Waals surface area contributed by atoms with Crippen LogP contribution in [0.5, 0.6) is 0 Å². The predicted octanol–water partition coefficient (Wildman–Crippen LogP) is 4.38. The number of aryl methyl sites for hydroxylation is 1. The van der Waals surface area contributed by atoms with E-state index >= 15 is 0 Å². The van der Waals surface area contributed by atoms with E-state index < -0.39 is 6.04 Å². The fourth-order valence-corrected chi connectivity index (χ4v) is 3.15. The first-order chi connectivity index (χ1) is 13.3. The molecular formula is C23H29ClN2O2. The van der Waals surface area contributed by atoms with Crippen LogP contribution in [0.2, 0.25) is 5.02 Å². The molecule has 0 saturated heterocycles. The largest absolute Gasteiger partial charge is 0.354 e. The third kappa shape index (κ3) is 6.38. The number of hydrogen-bond acceptors (Lipinski definition) is 2. The summed E-state index contributed by atoms with van der Waals surface area (Å²) in [5.74, 6) is 0.121. The molecule has 0 unspecified atom stereocenters. The van der Waals surface area contributed by atoms with E-state index in [1.165, 1.54) is 0 Å². The Bertz CT molecular complexity index is 820. The van der Waals surface area contributed by atoms with Gasteiger partial charge in [-0.15, -0.1) is 0 Å². The zero-order valence-corrected chi connectivity index (χ0v) is 17.8. The average Bonchev–Trinajstić information content (AvgIpc) is 2.65. The van der Waals surface area contributed by atoms with Crippen molar-refractivity contribution >= 4 is 23.4 Å². The van der Waals surface area contributed by atoms with Gasteiger partial charge in [0.1, 0.15) is 6.04 Å². The van der Waals surface area contributed by atoms with Gasteiger partial charge in [-0.05, 0) is 48.6 Å². The Kier molecular flexibility index (Phi) is 8.06. The fourth-order valence-electron chi connectivity index (χ4n) is 2.94. The van der Waals surface area contributed by atoms with Crippen LogP contribution >= 0.6 is 11.6 Å². The Balaban J connectivity index is 2.22. The van der Waals surface area contributed by atoms with Gasteiger partial charge in [-0.2, -0.15) is 0 Å². The first-order valence-corrected chi connectivity index (χ1v) is 10.0. The van der Waals surface area contributed by atoms with Crippen LogP contribution in [0.15, 0.2) is 48.5 Å². The first kappa shape index (κ1) is 22.0. The molecule has 2 amide bonds. The molecule has 5 heteroatoms. The second kappa shape index (κ2) is 10.3. The molecule has 150 valence electrons. The van der Waals surface area contributed by atoms with Crippen LogP contribution < -0.4 is 5.32 Å². The van der Waals surface area contributed by atoms with Gasteiger partial charge in [0.25, 0.3) is 0 Å². The molecule has 1 N–H and O–H groups in total. The van der Waals surface area contributed by atoms with Gasteiger partial charge in [0.15, 0.2) is 0 Å². The quantitative estimate of drug-likeness (QED) is 0.714. The van der Waals surface area contributed by atoms with Crippen molar-refractivity contribution in [1.29, 1.82) is 0 Å². The van der Waals surface area contributed by atoms with Crippen molar-refractivity contribution in [2.75, 3.05) is 6.54 Å². The molecule has 0 aliphatic heterocycles. The Morgan fingerprint density at radius 2 is 1.79 bits per heavy atom. The topological polar surface area (TPSA) is 49.4 Å². The number of carbonyl (C=O) groups excluding carboxylic acids is 2. The normalized spacial score (nSPS) is 11.9. The van der Waals surface area contributed by atoms with Crippen LogP contribution in [-0.2, 0) is 22.6 Å². The molecular weight excluding hydrogens is 372 g/mol. The average molecular weight is 401 g/mol. The molecule has 0 spiro atoms. The third-order valence-electron chi connectivity index (χ3n) is 4.70. The van der Waals surface area contributed by atoms with Gasteiger partial charge in [0.2, 0.25) is 11.8 Å². The van der Waals surface area contributed by atoms with Crippen molar-refractivity contribution in [3.05, 3.63) is 70.2 Å². The van der Waals surface area contributed by atoms with E-state index in [9.17, 15) is 9.59 Å². The summed E-state index contributed by atoms with van der Waals surface area (Å²) in [6.07, 6.45) is 0.259. The Morgan fingerprint density at radius 3 is 2.43 bits per heavy atom. The maximum absolute atomic E-state index is 13.2. The smallest absolute Gasteiger partial charge is 0.242 e. The van der Waals surface area contributed by atoms with Gasteiger partial charge >= 0.3 is 0 Å². The van der Waals surface area contributed by atoms with E-state index in [0.717, 1.165) is 16.7 Å². The highest BCUT2D eigenvalue weighted by Crippen LogP contribution is 2.17. The molecule has 2 rings (SSSR count). The van der Waals surface area contributed by atoms with E-state index in [0.29, 0.717) is 24.0 Å². The van der Waals surface area contributed by atoms with Gasteiger partial charge in [-0.3, -0.25) is 9.59 Å². The summed E-state index contributed by atoms with van der Waals surface area (Å²) in [4.78, 5) is 27.4. The van der Waals surface area contributed by atoms with Crippen molar-refractivity contribution in [3.8, 4) is 0 Å². The minimum atomic E-state index is -0.575.